The van der Waals surface area contributed by atoms with Crippen molar-refractivity contribution in [2.75, 3.05) is 13.6 Å². The van der Waals surface area contributed by atoms with Gasteiger partial charge in [-0.05, 0) is 51.1 Å². The minimum absolute atomic E-state index is 0.139. The second-order valence-electron chi connectivity index (χ2n) is 4.81. The van der Waals surface area contributed by atoms with Gasteiger partial charge in [0.1, 0.15) is 0 Å². The van der Waals surface area contributed by atoms with Gasteiger partial charge in [0.15, 0.2) is 0 Å². The van der Waals surface area contributed by atoms with Crippen molar-refractivity contribution < 1.29 is 0 Å². The van der Waals surface area contributed by atoms with Crippen LogP contribution in [0.4, 0.5) is 0 Å². The quantitative estimate of drug-likeness (QED) is 0.869. The Morgan fingerprint density at radius 2 is 2.00 bits per heavy atom. The van der Waals surface area contributed by atoms with Gasteiger partial charge in [-0.1, -0.05) is 22.0 Å². The monoisotopic (exact) mass is 284 g/mol. The zero-order valence-corrected chi connectivity index (χ0v) is 12.1. The highest BCUT2D eigenvalue weighted by Crippen LogP contribution is 2.15. The first-order valence-electron chi connectivity index (χ1n) is 5.59. The summed E-state index contributed by atoms with van der Waals surface area (Å²) in [5.74, 6) is 0. The highest BCUT2D eigenvalue weighted by Gasteiger charge is 2.13. The molecule has 0 fully saturated rings. The fourth-order valence-corrected chi connectivity index (χ4v) is 1.84. The zero-order valence-electron chi connectivity index (χ0n) is 10.5. The molecule has 2 nitrogen and oxygen atoms in total. The molecule has 0 aromatic heterocycles. The molecule has 0 saturated carbocycles. The smallest absolute Gasteiger partial charge is 0.0246 e. The summed E-state index contributed by atoms with van der Waals surface area (Å²) in [4.78, 5) is 0. The van der Waals surface area contributed by atoms with E-state index in [0.717, 1.165) is 17.6 Å². The lowest BCUT2D eigenvalue weighted by atomic mass is 10.1. The van der Waals surface area contributed by atoms with Crippen LogP contribution in [0, 0.1) is 6.92 Å². The maximum atomic E-state index is 3.50. The lowest BCUT2D eigenvalue weighted by molar-refractivity contribution is 0.393. The number of hydrogen-bond donors (Lipinski definition) is 2. The van der Waals surface area contributed by atoms with E-state index in [1.54, 1.807) is 0 Å². The van der Waals surface area contributed by atoms with Gasteiger partial charge in [-0.3, -0.25) is 0 Å². The van der Waals surface area contributed by atoms with Crippen molar-refractivity contribution in [3.05, 3.63) is 33.8 Å². The molecule has 0 aliphatic carbocycles. The Kier molecular flexibility index (Phi) is 4.96. The third kappa shape index (κ3) is 4.24. The molecule has 1 rings (SSSR count). The van der Waals surface area contributed by atoms with Crippen LogP contribution >= 0.6 is 15.9 Å². The van der Waals surface area contributed by atoms with Gasteiger partial charge in [0.2, 0.25) is 0 Å². The van der Waals surface area contributed by atoms with Crippen LogP contribution in [0.5, 0.6) is 0 Å². The van der Waals surface area contributed by atoms with Gasteiger partial charge in [-0.25, -0.2) is 0 Å². The lowest BCUT2D eigenvalue weighted by Gasteiger charge is -2.24. The molecule has 0 atom stereocenters. The molecule has 0 unspecified atom stereocenters. The topological polar surface area (TPSA) is 24.1 Å². The van der Waals surface area contributed by atoms with E-state index >= 15 is 0 Å². The number of hydrogen-bond acceptors (Lipinski definition) is 2. The second kappa shape index (κ2) is 5.80. The summed E-state index contributed by atoms with van der Waals surface area (Å²) < 4.78 is 1.14. The van der Waals surface area contributed by atoms with Gasteiger partial charge >= 0.3 is 0 Å². The zero-order chi connectivity index (χ0) is 12.2. The fraction of sp³-hybridized carbons (Fsp3) is 0.538. The molecule has 0 amide bonds. The summed E-state index contributed by atoms with van der Waals surface area (Å²) in [6, 6.07) is 6.40. The van der Waals surface area contributed by atoms with Gasteiger partial charge in [0, 0.05) is 23.1 Å². The predicted octanol–water partition coefficient (Wildman–Crippen LogP) is 2.85. The first kappa shape index (κ1) is 13.7. The van der Waals surface area contributed by atoms with E-state index in [0.29, 0.717) is 0 Å². The molecule has 2 N–H and O–H groups in total. The molecule has 1 aromatic rings. The molecule has 0 spiro atoms. The van der Waals surface area contributed by atoms with Gasteiger partial charge in [0.25, 0.3) is 0 Å². The van der Waals surface area contributed by atoms with Crippen LogP contribution < -0.4 is 10.6 Å². The number of aryl methyl sites for hydroxylation is 1. The molecule has 0 aliphatic rings. The summed E-state index contributed by atoms with van der Waals surface area (Å²) in [5, 5.41) is 6.76. The molecule has 3 heteroatoms. The molecule has 16 heavy (non-hydrogen) atoms. The average Bonchev–Trinajstić information content (AvgIpc) is 2.23. The van der Waals surface area contributed by atoms with Gasteiger partial charge in [-0.15, -0.1) is 0 Å². The van der Waals surface area contributed by atoms with Gasteiger partial charge < -0.3 is 10.6 Å². The van der Waals surface area contributed by atoms with E-state index in [1.807, 2.05) is 7.05 Å². The molecular formula is C13H21BrN2. The average molecular weight is 285 g/mol. The van der Waals surface area contributed by atoms with Crippen LogP contribution in [0.3, 0.4) is 0 Å². The Bertz CT molecular complexity index is 348. The van der Waals surface area contributed by atoms with Crippen molar-refractivity contribution in [1.82, 2.24) is 10.6 Å². The summed E-state index contributed by atoms with van der Waals surface area (Å²) in [6.45, 7) is 8.39. The van der Waals surface area contributed by atoms with Gasteiger partial charge in [0.05, 0.1) is 0 Å². The minimum atomic E-state index is 0.139. The Labute approximate surface area is 107 Å². The molecule has 0 saturated heterocycles. The molecule has 0 heterocycles. The lowest BCUT2D eigenvalue weighted by Crippen LogP contribution is -2.45. The van der Waals surface area contributed by atoms with Crippen LogP contribution in [-0.2, 0) is 6.54 Å². The van der Waals surface area contributed by atoms with Gasteiger partial charge in [-0.2, -0.15) is 0 Å². The largest absolute Gasteiger partial charge is 0.314 e. The molecule has 1 aromatic carbocycles. The minimum Gasteiger partial charge on any atom is -0.314 e. The number of benzene rings is 1. The van der Waals surface area contributed by atoms with Crippen molar-refractivity contribution in [1.29, 1.82) is 0 Å². The van der Waals surface area contributed by atoms with Crippen molar-refractivity contribution in [3.8, 4) is 0 Å². The van der Waals surface area contributed by atoms with E-state index in [2.05, 4.69) is 65.5 Å². The SMILES string of the molecule is CNC(C)(C)CNCc1cc(Br)ccc1C. The van der Waals surface area contributed by atoms with Crippen LogP contribution in [0.15, 0.2) is 22.7 Å². The molecule has 90 valence electrons. The third-order valence-electron chi connectivity index (χ3n) is 2.87. The number of likely N-dealkylation sites (N-methyl/N-ethyl adjacent to an activating group) is 1. The number of halogens is 1. The second-order valence-corrected chi connectivity index (χ2v) is 5.72. The van der Waals surface area contributed by atoms with E-state index in [-0.39, 0.29) is 5.54 Å². The standard InChI is InChI=1S/C13H21BrN2/c1-10-5-6-12(14)7-11(10)8-16-9-13(2,3)15-4/h5-7,15-16H,8-9H2,1-4H3. The predicted molar refractivity (Wildman–Crippen MR) is 73.7 cm³/mol. The first-order chi connectivity index (χ1) is 7.44. The Hall–Kier alpha value is -0.380. The summed E-state index contributed by atoms with van der Waals surface area (Å²) in [6.07, 6.45) is 0. The van der Waals surface area contributed by atoms with E-state index < -0.39 is 0 Å². The number of nitrogens with one attached hydrogen (secondary N) is 2. The molecule has 0 bridgehead atoms. The van der Waals surface area contributed by atoms with Crippen LogP contribution in [0.2, 0.25) is 0 Å². The van der Waals surface area contributed by atoms with Crippen LogP contribution in [-0.4, -0.2) is 19.1 Å². The summed E-state index contributed by atoms with van der Waals surface area (Å²) in [7, 11) is 1.99. The van der Waals surface area contributed by atoms with Crippen LogP contribution in [0.25, 0.3) is 0 Å². The summed E-state index contributed by atoms with van der Waals surface area (Å²) >= 11 is 3.50. The van der Waals surface area contributed by atoms with Crippen molar-refractivity contribution in [3.63, 3.8) is 0 Å². The van der Waals surface area contributed by atoms with E-state index in [9.17, 15) is 0 Å². The van der Waals surface area contributed by atoms with Crippen LogP contribution in [0.1, 0.15) is 25.0 Å². The fourth-order valence-electron chi connectivity index (χ4n) is 1.43. The maximum absolute atomic E-state index is 3.50. The highest BCUT2D eigenvalue weighted by atomic mass is 79.9. The number of rotatable bonds is 5. The normalized spacial score (nSPS) is 11.8. The maximum Gasteiger partial charge on any atom is 0.0246 e. The van der Waals surface area contributed by atoms with E-state index in [4.69, 9.17) is 0 Å². The highest BCUT2D eigenvalue weighted by molar-refractivity contribution is 9.10. The third-order valence-corrected chi connectivity index (χ3v) is 3.36. The van der Waals surface area contributed by atoms with Crippen molar-refractivity contribution >= 4 is 15.9 Å². The van der Waals surface area contributed by atoms with Crippen molar-refractivity contribution in [2.24, 2.45) is 0 Å². The Morgan fingerprint density at radius 1 is 1.31 bits per heavy atom. The molecular weight excluding hydrogens is 264 g/mol. The van der Waals surface area contributed by atoms with E-state index in [1.165, 1.54) is 11.1 Å². The van der Waals surface area contributed by atoms with Crippen molar-refractivity contribution in [2.45, 2.75) is 32.9 Å². The Morgan fingerprint density at radius 3 is 2.62 bits per heavy atom. The molecule has 0 radical (unpaired) electrons. The summed E-state index contributed by atoms with van der Waals surface area (Å²) in [5.41, 5.74) is 2.82. The molecule has 0 aliphatic heterocycles. The first-order valence-corrected chi connectivity index (χ1v) is 6.38. The Balaban J connectivity index is 2.52.